The largest absolute Gasteiger partial charge is 0.384 e. The van der Waals surface area contributed by atoms with E-state index in [0.29, 0.717) is 34.2 Å². The molecule has 0 atom stereocenters. The Hall–Kier alpha value is -2.76. The molecule has 6 heteroatoms. The third kappa shape index (κ3) is 2.23. The van der Waals surface area contributed by atoms with Gasteiger partial charge in [0, 0.05) is 17.3 Å². The van der Waals surface area contributed by atoms with Gasteiger partial charge in [0.25, 0.3) is 5.89 Å². The number of nitrogens with two attached hydrogens (primary N) is 1. The first-order chi connectivity index (χ1) is 9.63. The highest BCUT2D eigenvalue weighted by atomic mass is 19.1. The van der Waals surface area contributed by atoms with E-state index in [1.165, 1.54) is 6.07 Å². The minimum Gasteiger partial charge on any atom is -0.384 e. The highest BCUT2D eigenvalue weighted by molar-refractivity contribution is 5.61. The second kappa shape index (κ2) is 4.73. The molecule has 0 aliphatic heterocycles. The predicted octanol–water partition coefficient (Wildman–Crippen LogP) is 2.83. The van der Waals surface area contributed by atoms with Crippen LogP contribution in [0.3, 0.4) is 0 Å². The van der Waals surface area contributed by atoms with Gasteiger partial charge < -0.3 is 10.3 Å². The Morgan fingerprint density at radius 1 is 1.15 bits per heavy atom. The maximum Gasteiger partial charge on any atom is 0.258 e. The molecule has 0 bridgehead atoms. The quantitative estimate of drug-likeness (QED) is 0.774. The van der Waals surface area contributed by atoms with Crippen molar-refractivity contribution in [3.05, 3.63) is 47.9 Å². The zero-order valence-electron chi connectivity index (χ0n) is 10.7. The van der Waals surface area contributed by atoms with Crippen LogP contribution in [0.5, 0.6) is 0 Å². The van der Waals surface area contributed by atoms with Gasteiger partial charge in [0.1, 0.15) is 11.6 Å². The number of hydrogen-bond acceptors (Lipinski definition) is 5. The number of aryl methyl sites for hydroxylation is 1. The Morgan fingerprint density at radius 2 is 2.00 bits per heavy atom. The van der Waals surface area contributed by atoms with Crippen molar-refractivity contribution in [2.75, 3.05) is 5.73 Å². The van der Waals surface area contributed by atoms with Crippen LogP contribution >= 0.6 is 0 Å². The van der Waals surface area contributed by atoms with E-state index in [0.717, 1.165) is 0 Å². The number of benzene rings is 1. The fraction of sp³-hybridized carbons (Fsp3) is 0.0714. The summed E-state index contributed by atoms with van der Waals surface area (Å²) in [7, 11) is 0. The molecule has 20 heavy (non-hydrogen) atoms. The summed E-state index contributed by atoms with van der Waals surface area (Å²) in [6.07, 6.45) is 1.57. The van der Waals surface area contributed by atoms with E-state index in [2.05, 4.69) is 15.1 Å². The summed E-state index contributed by atoms with van der Waals surface area (Å²) in [5.41, 5.74) is 7.52. The van der Waals surface area contributed by atoms with Crippen molar-refractivity contribution in [2.45, 2.75) is 6.92 Å². The second-order valence-corrected chi connectivity index (χ2v) is 4.36. The first-order valence-electron chi connectivity index (χ1n) is 5.95. The molecular weight excluding hydrogens is 259 g/mol. The lowest BCUT2D eigenvalue weighted by Gasteiger charge is -1.98. The summed E-state index contributed by atoms with van der Waals surface area (Å²) < 4.78 is 18.4. The predicted molar refractivity (Wildman–Crippen MR) is 72.1 cm³/mol. The van der Waals surface area contributed by atoms with E-state index < -0.39 is 0 Å². The number of hydrogen-bond donors (Lipinski definition) is 1. The average molecular weight is 270 g/mol. The van der Waals surface area contributed by atoms with Crippen LogP contribution < -0.4 is 5.73 Å². The van der Waals surface area contributed by atoms with E-state index in [4.69, 9.17) is 10.3 Å². The van der Waals surface area contributed by atoms with Crippen LogP contribution in [-0.2, 0) is 0 Å². The number of aromatic nitrogens is 3. The summed E-state index contributed by atoms with van der Waals surface area (Å²) in [6.45, 7) is 1.68. The molecule has 0 aliphatic carbocycles. The molecule has 3 rings (SSSR count). The molecule has 0 spiro atoms. The van der Waals surface area contributed by atoms with Gasteiger partial charge in [-0.3, -0.25) is 0 Å². The van der Waals surface area contributed by atoms with E-state index >= 15 is 0 Å². The molecule has 1 aromatic carbocycles. The molecule has 0 amide bonds. The zero-order valence-corrected chi connectivity index (χ0v) is 10.7. The van der Waals surface area contributed by atoms with Crippen molar-refractivity contribution in [3.63, 3.8) is 0 Å². The van der Waals surface area contributed by atoms with Crippen molar-refractivity contribution in [2.24, 2.45) is 0 Å². The van der Waals surface area contributed by atoms with E-state index in [1.807, 2.05) is 0 Å². The van der Waals surface area contributed by atoms with Gasteiger partial charge in [0.15, 0.2) is 0 Å². The van der Waals surface area contributed by atoms with Crippen molar-refractivity contribution >= 4 is 5.82 Å². The van der Waals surface area contributed by atoms with Crippen molar-refractivity contribution in [3.8, 4) is 22.8 Å². The summed E-state index contributed by atoms with van der Waals surface area (Å²) >= 11 is 0. The molecule has 100 valence electrons. The molecule has 3 aromatic rings. The molecule has 2 N–H and O–H groups in total. The number of nitrogen functional groups attached to an aromatic ring is 1. The van der Waals surface area contributed by atoms with Gasteiger partial charge in [0.05, 0.1) is 0 Å². The Balaban J connectivity index is 1.99. The van der Waals surface area contributed by atoms with E-state index in [-0.39, 0.29) is 5.82 Å². The lowest BCUT2D eigenvalue weighted by molar-refractivity contribution is 0.432. The summed E-state index contributed by atoms with van der Waals surface area (Å²) in [4.78, 5) is 8.18. The molecule has 0 saturated heterocycles. The Kier molecular flexibility index (Phi) is 2.90. The summed E-state index contributed by atoms with van der Waals surface area (Å²) in [5.74, 6) is 0.855. The lowest BCUT2D eigenvalue weighted by Crippen LogP contribution is -1.89. The number of rotatable bonds is 2. The van der Waals surface area contributed by atoms with Gasteiger partial charge in [-0.2, -0.15) is 4.98 Å². The first kappa shape index (κ1) is 12.3. The van der Waals surface area contributed by atoms with Crippen LogP contribution in [-0.4, -0.2) is 15.1 Å². The van der Waals surface area contributed by atoms with Crippen molar-refractivity contribution in [1.82, 2.24) is 15.1 Å². The van der Waals surface area contributed by atoms with Crippen molar-refractivity contribution in [1.29, 1.82) is 0 Å². The van der Waals surface area contributed by atoms with Crippen LogP contribution in [0.4, 0.5) is 10.2 Å². The van der Waals surface area contributed by atoms with Crippen LogP contribution in [0.15, 0.2) is 41.1 Å². The zero-order chi connectivity index (χ0) is 14.1. The molecule has 5 nitrogen and oxygen atoms in total. The average Bonchev–Trinajstić information content (AvgIpc) is 2.92. The molecular formula is C14H11FN4O. The molecule has 0 aliphatic rings. The molecule has 0 unspecified atom stereocenters. The van der Waals surface area contributed by atoms with E-state index in [9.17, 15) is 4.39 Å². The normalized spacial score (nSPS) is 10.7. The third-order valence-electron chi connectivity index (χ3n) is 2.87. The lowest BCUT2D eigenvalue weighted by atomic mass is 10.1. The number of anilines is 1. The molecule has 0 radical (unpaired) electrons. The number of pyridine rings is 1. The third-order valence-corrected chi connectivity index (χ3v) is 2.87. The smallest absolute Gasteiger partial charge is 0.258 e. The maximum atomic E-state index is 13.2. The summed E-state index contributed by atoms with van der Waals surface area (Å²) in [5, 5.41) is 3.89. The molecule has 0 fully saturated rings. The Labute approximate surface area is 114 Å². The topological polar surface area (TPSA) is 77.8 Å². The Morgan fingerprint density at radius 3 is 2.75 bits per heavy atom. The van der Waals surface area contributed by atoms with Gasteiger partial charge in [-0.15, -0.1) is 0 Å². The van der Waals surface area contributed by atoms with Gasteiger partial charge in [-0.25, -0.2) is 9.37 Å². The maximum absolute atomic E-state index is 13.2. The van der Waals surface area contributed by atoms with Crippen LogP contribution in [0.2, 0.25) is 0 Å². The molecule has 2 aromatic heterocycles. The fourth-order valence-electron chi connectivity index (χ4n) is 1.82. The van der Waals surface area contributed by atoms with Gasteiger partial charge in [-0.05, 0) is 42.8 Å². The monoisotopic (exact) mass is 270 g/mol. The standard InChI is InChI=1S/C14H11FN4O/c1-8-6-9(2-3-11(8)15)13-18-14(20-19-13)10-4-5-17-12(16)7-10/h2-7H,1H3,(H2,16,17). The highest BCUT2D eigenvalue weighted by Gasteiger charge is 2.12. The minimum absolute atomic E-state index is 0.264. The first-order valence-corrected chi connectivity index (χ1v) is 5.95. The number of nitrogens with zero attached hydrogens (tertiary/aromatic N) is 3. The van der Waals surface area contributed by atoms with Crippen LogP contribution in [0.25, 0.3) is 22.8 Å². The molecule has 2 heterocycles. The van der Waals surface area contributed by atoms with Gasteiger partial charge in [0.2, 0.25) is 5.82 Å². The van der Waals surface area contributed by atoms with E-state index in [1.54, 1.807) is 37.4 Å². The van der Waals surface area contributed by atoms with Gasteiger partial charge >= 0.3 is 0 Å². The van der Waals surface area contributed by atoms with Crippen LogP contribution in [0, 0.1) is 12.7 Å². The highest BCUT2D eigenvalue weighted by Crippen LogP contribution is 2.23. The Bertz CT molecular complexity index is 769. The van der Waals surface area contributed by atoms with Gasteiger partial charge in [-0.1, -0.05) is 5.16 Å². The second-order valence-electron chi connectivity index (χ2n) is 4.36. The number of halogens is 1. The molecule has 0 saturated carbocycles. The minimum atomic E-state index is -0.264. The fourth-order valence-corrected chi connectivity index (χ4v) is 1.82. The SMILES string of the molecule is Cc1cc(-c2noc(-c3ccnc(N)c3)n2)ccc1F. The van der Waals surface area contributed by atoms with Crippen molar-refractivity contribution < 1.29 is 8.91 Å². The van der Waals surface area contributed by atoms with Crippen LogP contribution in [0.1, 0.15) is 5.56 Å². The summed E-state index contributed by atoms with van der Waals surface area (Å²) in [6, 6.07) is 8.03.